The SMILES string of the molecule is CCOc1cc(NCC2CCCN(C)C2)c(N)cc1F. The van der Waals surface area contributed by atoms with Gasteiger partial charge in [0.05, 0.1) is 18.0 Å². The van der Waals surface area contributed by atoms with Crippen LogP contribution < -0.4 is 15.8 Å². The van der Waals surface area contributed by atoms with Crippen LogP contribution in [0.15, 0.2) is 12.1 Å². The second-order valence-electron chi connectivity index (χ2n) is 5.45. The van der Waals surface area contributed by atoms with Crippen molar-refractivity contribution in [3.05, 3.63) is 17.9 Å². The van der Waals surface area contributed by atoms with E-state index in [4.69, 9.17) is 10.5 Å². The maximum Gasteiger partial charge on any atom is 0.167 e. The van der Waals surface area contributed by atoms with Gasteiger partial charge in [-0.25, -0.2) is 4.39 Å². The monoisotopic (exact) mass is 281 g/mol. The van der Waals surface area contributed by atoms with Crippen LogP contribution in [0, 0.1) is 11.7 Å². The fourth-order valence-corrected chi connectivity index (χ4v) is 2.68. The van der Waals surface area contributed by atoms with Crippen LogP contribution in [0.1, 0.15) is 19.8 Å². The quantitative estimate of drug-likeness (QED) is 0.814. The fourth-order valence-electron chi connectivity index (χ4n) is 2.68. The van der Waals surface area contributed by atoms with Crippen molar-refractivity contribution in [2.45, 2.75) is 19.8 Å². The van der Waals surface area contributed by atoms with E-state index in [1.54, 1.807) is 6.07 Å². The van der Waals surface area contributed by atoms with Gasteiger partial charge in [-0.2, -0.15) is 0 Å². The highest BCUT2D eigenvalue weighted by Crippen LogP contribution is 2.29. The van der Waals surface area contributed by atoms with Crippen molar-refractivity contribution in [2.24, 2.45) is 5.92 Å². The number of hydrogen-bond donors (Lipinski definition) is 2. The number of rotatable bonds is 5. The summed E-state index contributed by atoms with van der Waals surface area (Å²) >= 11 is 0. The van der Waals surface area contributed by atoms with Crippen molar-refractivity contribution in [1.82, 2.24) is 4.90 Å². The van der Waals surface area contributed by atoms with Crippen LogP contribution in [0.2, 0.25) is 0 Å². The number of benzene rings is 1. The summed E-state index contributed by atoms with van der Waals surface area (Å²) in [5.74, 6) is 0.450. The molecule has 2 rings (SSSR count). The molecule has 1 heterocycles. The zero-order valence-corrected chi connectivity index (χ0v) is 12.3. The number of nitrogens with zero attached hydrogens (tertiary/aromatic N) is 1. The van der Waals surface area contributed by atoms with Crippen molar-refractivity contribution in [1.29, 1.82) is 0 Å². The van der Waals surface area contributed by atoms with Gasteiger partial charge < -0.3 is 20.7 Å². The maximum atomic E-state index is 13.6. The largest absolute Gasteiger partial charge is 0.491 e. The van der Waals surface area contributed by atoms with E-state index in [1.165, 1.54) is 25.5 Å². The van der Waals surface area contributed by atoms with Gasteiger partial charge in [-0.1, -0.05) is 0 Å². The van der Waals surface area contributed by atoms with Crippen molar-refractivity contribution in [2.75, 3.05) is 44.3 Å². The summed E-state index contributed by atoms with van der Waals surface area (Å²) in [6, 6.07) is 2.97. The molecule has 1 aromatic rings. The van der Waals surface area contributed by atoms with Crippen LogP contribution in [0.4, 0.5) is 15.8 Å². The van der Waals surface area contributed by atoms with Gasteiger partial charge >= 0.3 is 0 Å². The van der Waals surface area contributed by atoms with Crippen LogP contribution in [-0.2, 0) is 0 Å². The molecule has 0 amide bonds. The Bertz CT molecular complexity index is 453. The number of halogens is 1. The lowest BCUT2D eigenvalue weighted by Crippen LogP contribution is -2.35. The zero-order chi connectivity index (χ0) is 14.5. The van der Waals surface area contributed by atoms with Crippen molar-refractivity contribution >= 4 is 11.4 Å². The highest BCUT2D eigenvalue weighted by Gasteiger charge is 2.17. The molecule has 1 fully saturated rings. The predicted molar refractivity (Wildman–Crippen MR) is 80.7 cm³/mol. The first-order chi connectivity index (χ1) is 9.60. The molecular weight excluding hydrogens is 257 g/mol. The predicted octanol–water partition coefficient (Wildman–Crippen LogP) is 2.56. The van der Waals surface area contributed by atoms with Crippen LogP contribution in [0.25, 0.3) is 0 Å². The topological polar surface area (TPSA) is 50.5 Å². The highest BCUT2D eigenvalue weighted by molar-refractivity contribution is 5.68. The van der Waals surface area contributed by atoms with Gasteiger partial charge in [0, 0.05) is 25.2 Å². The number of likely N-dealkylation sites (tertiary alicyclic amines) is 1. The third-order valence-corrected chi connectivity index (χ3v) is 3.71. The molecule has 1 aromatic carbocycles. The van der Waals surface area contributed by atoms with E-state index in [9.17, 15) is 4.39 Å². The highest BCUT2D eigenvalue weighted by atomic mass is 19.1. The van der Waals surface area contributed by atoms with E-state index < -0.39 is 5.82 Å². The lowest BCUT2D eigenvalue weighted by Gasteiger charge is -2.30. The molecular formula is C15H24FN3O. The van der Waals surface area contributed by atoms with Gasteiger partial charge in [0.25, 0.3) is 0 Å². The molecule has 0 aromatic heterocycles. The van der Waals surface area contributed by atoms with E-state index in [-0.39, 0.29) is 5.75 Å². The Morgan fingerprint density at radius 1 is 1.50 bits per heavy atom. The molecule has 112 valence electrons. The molecule has 1 aliphatic heterocycles. The normalized spacial score (nSPS) is 19.9. The van der Waals surface area contributed by atoms with E-state index in [2.05, 4.69) is 17.3 Å². The Morgan fingerprint density at radius 3 is 3.00 bits per heavy atom. The number of nitrogen functional groups attached to an aromatic ring is 1. The van der Waals surface area contributed by atoms with Gasteiger partial charge in [0.15, 0.2) is 11.6 Å². The minimum atomic E-state index is -0.410. The smallest absolute Gasteiger partial charge is 0.167 e. The lowest BCUT2D eigenvalue weighted by atomic mass is 9.98. The molecule has 20 heavy (non-hydrogen) atoms. The number of ether oxygens (including phenoxy) is 1. The maximum absolute atomic E-state index is 13.6. The molecule has 0 saturated carbocycles. The molecule has 1 aliphatic rings. The standard InChI is InChI=1S/C15H24FN3O/c1-3-20-15-8-14(13(17)7-12(15)16)18-9-11-5-4-6-19(2)10-11/h7-8,11,18H,3-6,9-10,17H2,1-2H3. The number of piperidine rings is 1. The molecule has 3 N–H and O–H groups in total. The summed E-state index contributed by atoms with van der Waals surface area (Å²) in [7, 11) is 2.14. The van der Waals surface area contributed by atoms with Gasteiger partial charge in [-0.05, 0) is 39.3 Å². The third-order valence-electron chi connectivity index (χ3n) is 3.71. The van der Waals surface area contributed by atoms with E-state index >= 15 is 0 Å². The Balaban J connectivity index is 1.99. The summed E-state index contributed by atoms with van der Waals surface area (Å²) < 4.78 is 18.9. The number of anilines is 2. The summed E-state index contributed by atoms with van der Waals surface area (Å²) in [4.78, 5) is 2.34. The van der Waals surface area contributed by atoms with Gasteiger partial charge in [-0.15, -0.1) is 0 Å². The second-order valence-corrected chi connectivity index (χ2v) is 5.45. The minimum Gasteiger partial charge on any atom is -0.491 e. The first kappa shape index (κ1) is 14.9. The number of hydrogen-bond acceptors (Lipinski definition) is 4. The van der Waals surface area contributed by atoms with E-state index in [0.717, 1.165) is 18.8 Å². The lowest BCUT2D eigenvalue weighted by molar-refractivity contribution is 0.217. The Hall–Kier alpha value is -1.49. The van der Waals surface area contributed by atoms with Crippen molar-refractivity contribution < 1.29 is 9.13 Å². The average Bonchev–Trinajstić information content (AvgIpc) is 2.41. The minimum absolute atomic E-state index is 0.255. The molecule has 5 heteroatoms. The molecule has 1 unspecified atom stereocenters. The Kier molecular flexibility index (Phi) is 5.06. The van der Waals surface area contributed by atoms with Gasteiger partial charge in [-0.3, -0.25) is 0 Å². The first-order valence-corrected chi connectivity index (χ1v) is 7.24. The summed E-state index contributed by atoms with van der Waals surface area (Å²) in [5, 5.41) is 3.33. The third kappa shape index (κ3) is 3.76. The number of nitrogens with two attached hydrogens (primary N) is 1. The van der Waals surface area contributed by atoms with Crippen molar-refractivity contribution in [3.63, 3.8) is 0 Å². The molecule has 0 bridgehead atoms. The molecule has 1 atom stereocenters. The Labute approximate surface area is 120 Å². The molecule has 4 nitrogen and oxygen atoms in total. The summed E-state index contributed by atoms with van der Waals surface area (Å²) in [6.45, 7) is 5.39. The zero-order valence-electron chi connectivity index (χ0n) is 12.3. The fraction of sp³-hybridized carbons (Fsp3) is 0.600. The average molecular weight is 281 g/mol. The second kappa shape index (κ2) is 6.79. The van der Waals surface area contributed by atoms with Crippen LogP contribution in [-0.4, -0.2) is 38.2 Å². The molecule has 0 aliphatic carbocycles. The first-order valence-electron chi connectivity index (χ1n) is 7.24. The number of nitrogens with one attached hydrogen (secondary N) is 1. The molecule has 0 radical (unpaired) electrons. The van der Waals surface area contributed by atoms with E-state index in [1.807, 2.05) is 6.92 Å². The van der Waals surface area contributed by atoms with Crippen molar-refractivity contribution in [3.8, 4) is 5.75 Å². The molecule has 0 spiro atoms. The van der Waals surface area contributed by atoms with Gasteiger partial charge in [0.2, 0.25) is 0 Å². The van der Waals surface area contributed by atoms with Crippen LogP contribution in [0.3, 0.4) is 0 Å². The van der Waals surface area contributed by atoms with E-state index in [0.29, 0.717) is 18.2 Å². The Morgan fingerprint density at radius 2 is 2.30 bits per heavy atom. The van der Waals surface area contributed by atoms with Crippen LogP contribution in [0.5, 0.6) is 5.75 Å². The summed E-state index contributed by atoms with van der Waals surface area (Å²) in [6.07, 6.45) is 2.45. The van der Waals surface area contributed by atoms with Crippen LogP contribution >= 0.6 is 0 Å². The van der Waals surface area contributed by atoms with Gasteiger partial charge in [0.1, 0.15) is 0 Å². The summed E-state index contributed by atoms with van der Waals surface area (Å²) in [5.41, 5.74) is 7.04. The molecule has 1 saturated heterocycles.